The SMILES string of the molecule is Cn1c(-c2cccc(C(F)(F)F)c2)nc2c(C(=O)Nc3c[nH+]ccn3)cccc2c1=O. The lowest BCUT2D eigenvalue weighted by Gasteiger charge is -2.13. The third kappa shape index (κ3) is 3.87. The van der Waals surface area contributed by atoms with E-state index >= 15 is 0 Å². The predicted octanol–water partition coefficient (Wildman–Crippen LogP) is 3.08. The summed E-state index contributed by atoms with van der Waals surface area (Å²) in [5.41, 5.74) is -1.08. The normalized spacial score (nSPS) is 11.5. The van der Waals surface area contributed by atoms with Gasteiger partial charge in [-0.05, 0) is 24.3 Å². The van der Waals surface area contributed by atoms with E-state index in [0.717, 1.165) is 16.7 Å². The number of hydrogen-bond acceptors (Lipinski definition) is 4. The molecule has 2 aromatic heterocycles. The summed E-state index contributed by atoms with van der Waals surface area (Å²) in [4.78, 5) is 36.9. The van der Waals surface area contributed by atoms with Gasteiger partial charge in [-0.2, -0.15) is 13.2 Å². The molecule has 0 aliphatic heterocycles. The first-order valence-electron chi connectivity index (χ1n) is 9.06. The number of nitrogens with one attached hydrogen (secondary N) is 2. The highest BCUT2D eigenvalue weighted by atomic mass is 19.4. The molecule has 0 bridgehead atoms. The Kier molecular flexibility index (Phi) is 4.97. The Hall–Kier alpha value is -4.08. The Labute approximate surface area is 173 Å². The van der Waals surface area contributed by atoms with Crippen LogP contribution in [0.1, 0.15) is 15.9 Å². The van der Waals surface area contributed by atoms with Crippen LogP contribution in [-0.2, 0) is 13.2 Å². The summed E-state index contributed by atoms with van der Waals surface area (Å²) in [6, 6.07) is 9.04. The minimum atomic E-state index is -4.55. The van der Waals surface area contributed by atoms with Crippen molar-refractivity contribution < 1.29 is 22.9 Å². The lowest BCUT2D eigenvalue weighted by Crippen LogP contribution is -2.22. The lowest BCUT2D eigenvalue weighted by molar-refractivity contribution is -0.377. The Bertz CT molecular complexity index is 1350. The smallest absolute Gasteiger partial charge is 0.301 e. The zero-order chi connectivity index (χ0) is 22.2. The topological polar surface area (TPSA) is 91.0 Å². The molecular formula is C21H15F3N5O2+. The van der Waals surface area contributed by atoms with Gasteiger partial charge in [0.05, 0.1) is 28.2 Å². The quantitative estimate of drug-likeness (QED) is 0.545. The van der Waals surface area contributed by atoms with E-state index < -0.39 is 23.2 Å². The fourth-order valence-electron chi connectivity index (χ4n) is 3.15. The molecule has 0 unspecified atom stereocenters. The van der Waals surface area contributed by atoms with Crippen molar-refractivity contribution in [2.24, 2.45) is 7.05 Å². The van der Waals surface area contributed by atoms with Gasteiger partial charge < -0.3 is 5.32 Å². The van der Waals surface area contributed by atoms with Crippen molar-refractivity contribution in [2.45, 2.75) is 6.18 Å². The van der Waals surface area contributed by atoms with E-state index in [9.17, 15) is 22.8 Å². The van der Waals surface area contributed by atoms with Crippen LogP contribution in [0.3, 0.4) is 0 Å². The van der Waals surface area contributed by atoms with Crippen molar-refractivity contribution in [3.63, 3.8) is 0 Å². The molecule has 2 aromatic carbocycles. The maximum atomic E-state index is 13.1. The number of aromatic amines is 1. The number of H-pyrrole nitrogens is 1. The van der Waals surface area contributed by atoms with Crippen LogP contribution >= 0.6 is 0 Å². The number of fused-ring (bicyclic) bond motifs is 1. The first-order valence-corrected chi connectivity index (χ1v) is 9.06. The zero-order valence-corrected chi connectivity index (χ0v) is 16.1. The molecule has 0 radical (unpaired) electrons. The first kappa shape index (κ1) is 20.2. The number of para-hydroxylation sites is 1. The molecule has 10 heteroatoms. The molecule has 7 nitrogen and oxygen atoms in total. The third-order valence-corrected chi connectivity index (χ3v) is 4.65. The van der Waals surface area contributed by atoms with E-state index in [1.165, 1.54) is 49.8 Å². The molecule has 2 heterocycles. The molecule has 4 aromatic rings. The Balaban J connectivity index is 1.88. The zero-order valence-electron chi connectivity index (χ0n) is 16.1. The molecule has 0 atom stereocenters. The summed E-state index contributed by atoms with van der Waals surface area (Å²) >= 11 is 0. The molecule has 0 aliphatic rings. The van der Waals surface area contributed by atoms with Crippen molar-refractivity contribution in [3.8, 4) is 11.4 Å². The van der Waals surface area contributed by atoms with Gasteiger partial charge in [-0.3, -0.25) is 14.2 Å². The van der Waals surface area contributed by atoms with Gasteiger partial charge in [0.15, 0.2) is 12.0 Å². The Morgan fingerprint density at radius 3 is 2.65 bits per heavy atom. The van der Waals surface area contributed by atoms with E-state index in [-0.39, 0.29) is 33.7 Å². The largest absolute Gasteiger partial charge is 0.416 e. The molecule has 2 N–H and O–H groups in total. The lowest BCUT2D eigenvalue weighted by atomic mass is 10.1. The van der Waals surface area contributed by atoms with Gasteiger partial charge in [-0.1, -0.05) is 18.2 Å². The van der Waals surface area contributed by atoms with Crippen LogP contribution in [-0.4, -0.2) is 20.4 Å². The van der Waals surface area contributed by atoms with Gasteiger partial charge in [0.1, 0.15) is 5.82 Å². The maximum Gasteiger partial charge on any atom is 0.416 e. The highest BCUT2D eigenvalue weighted by Gasteiger charge is 2.31. The summed E-state index contributed by atoms with van der Waals surface area (Å²) in [6.07, 6.45) is -0.0430. The predicted molar refractivity (Wildman–Crippen MR) is 106 cm³/mol. The summed E-state index contributed by atoms with van der Waals surface area (Å²) in [7, 11) is 1.42. The highest BCUT2D eigenvalue weighted by Crippen LogP contribution is 2.32. The van der Waals surface area contributed by atoms with Crippen molar-refractivity contribution in [3.05, 3.63) is 82.5 Å². The van der Waals surface area contributed by atoms with E-state index in [4.69, 9.17) is 0 Å². The molecule has 31 heavy (non-hydrogen) atoms. The van der Waals surface area contributed by atoms with E-state index in [1.807, 2.05) is 0 Å². The van der Waals surface area contributed by atoms with Gasteiger partial charge in [0.25, 0.3) is 11.5 Å². The van der Waals surface area contributed by atoms with E-state index in [1.54, 1.807) is 6.20 Å². The number of carbonyl (C=O) groups excluding carboxylic acids is 1. The molecule has 0 saturated heterocycles. The molecular weight excluding hydrogens is 411 g/mol. The molecule has 4 rings (SSSR count). The number of rotatable bonds is 3. The average Bonchev–Trinajstić information content (AvgIpc) is 2.76. The summed E-state index contributed by atoms with van der Waals surface area (Å²) in [6.45, 7) is 0. The summed E-state index contributed by atoms with van der Waals surface area (Å²) in [5.74, 6) is -0.296. The molecule has 1 amide bonds. The number of alkyl halides is 3. The second kappa shape index (κ2) is 7.63. The second-order valence-corrected chi connectivity index (χ2v) is 6.68. The number of hydrogen-bond donors (Lipinski definition) is 1. The number of carbonyl (C=O) groups is 1. The van der Waals surface area contributed by atoms with E-state index in [0.29, 0.717) is 0 Å². The van der Waals surface area contributed by atoms with Gasteiger partial charge in [-0.25, -0.2) is 15.0 Å². The van der Waals surface area contributed by atoms with Crippen molar-refractivity contribution in [1.29, 1.82) is 0 Å². The summed E-state index contributed by atoms with van der Waals surface area (Å²) in [5, 5.41) is 2.76. The van der Waals surface area contributed by atoms with Crippen LogP contribution in [0.2, 0.25) is 0 Å². The standard InChI is InChI=1S/C21H14F3N5O2/c1-29-18(12-4-2-5-13(10-12)21(22,23)24)28-17-14(6-3-7-15(17)20(29)31)19(30)27-16-11-25-8-9-26-16/h2-11H,1H3,(H,26,27,30)/p+1. The maximum absolute atomic E-state index is 13.1. The average molecular weight is 426 g/mol. The number of benzene rings is 2. The highest BCUT2D eigenvalue weighted by molar-refractivity contribution is 6.11. The van der Waals surface area contributed by atoms with Crippen LogP contribution in [0.25, 0.3) is 22.3 Å². The van der Waals surface area contributed by atoms with E-state index in [2.05, 4.69) is 20.3 Å². The van der Waals surface area contributed by atoms with Gasteiger partial charge in [0.2, 0.25) is 6.20 Å². The van der Waals surface area contributed by atoms with Gasteiger partial charge in [-0.15, -0.1) is 0 Å². The third-order valence-electron chi connectivity index (χ3n) is 4.65. The minimum Gasteiger partial charge on any atom is -0.301 e. The van der Waals surface area contributed by atoms with Crippen LogP contribution in [0.4, 0.5) is 19.0 Å². The fourth-order valence-corrected chi connectivity index (χ4v) is 3.15. The number of anilines is 1. The molecule has 0 saturated carbocycles. The second-order valence-electron chi connectivity index (χ2n) is 6.68. The van der Waals surface area contributed by atoms with Crippen molar-refractivity contribution in [1.82, 2.24) is 14.5 Å². The number of halogens is 3. The van der Waals surface area contributed by atoms with Crippen molar-refractivity contribution in [2.75, 3.05) is 5.32 Å². The van der Waals surface area contributed by atoms with Crippen LogP contribution in [0.15, 0.2) is 65.8 Å². The van der Waals surface area contributed by atoms with Gasteiger partial charge >= 0.3 is 6.18 Å². The van der Waals surface area contributed by atoms with Crippen LogP contribution in [0, 0.1) is 0 Å². The van der Waals surface area contributed by atoms with Crippen LogP contribution in [0.5, 0.6) is 0 Å². The van der Waals surface area contributed by atoms with Crippen LogP contribution < -0.4 is 15.9 Å². The molecule has 0 aliphatic carbocycles. The van der Waals surface area contributed by atoms with Crippen molar-refractivity contribution >= 4 is 22.6 Å². The molecule has 156 valence electrons. The monoisotopic (exact) mass is 426 g/mol. The minimum absolute atomic E-state index is 0.00928. The number of nitrogens with zero attached hydrogens (tertiary/aromatic N) is 3. The molecule has 0 fully saturated rings. The molecule has 0 spiro atoms. The summed E-state index contributed by atoms with van der Waals surface area (Å²) < 4.78 is 40.6. The Morgan fingerprint density at radius 2 is 1.94 bits per heavy atom. The first-order chi connectivity index (χ1) is 14.8. The Morgan fingerprint density at radius 1 is 1.16 bits per heavy atom. The number of aromatic nitrogens is 4. The fraction of sp³-hybridized carbons (Fsp3) is 0.0952. The van der Waals surface area contributed by atoms with Gasteiger partial charge in [0, 0.05) is 12.6 Å². The number of amides is 1.